The fourth-order valence-corrected chi connectivity index (χ4v) is 2.68. The number of nitrogens with zero attached hydrogens (tertiary/aromatic N) is 3. The fourth-order valence-electron chi connectivity index (χ4n) is 2.49. The molecule has 7 heteroatoms. The number of benzene rings is 1. The van der Waals surface area contributed by atoms with E-state index in [1.54, 1.807) is 12.1 Å². The van der Waals surface area contributed by atoms with Crippen LogP contribution in [-0.2, 0) is 4.74 Å². The van der Waals surface area contributed by atoms with Gasteiger partial charge in [-0.1, -0.05) is 30.2 Å². The number of ether oxygens (including phenoxy) is 2. The van der Waals surface area contributed by atoms with Gasteiger partial charge in [0.15, 0.2) is 5.82 Å². The Hall–Kier alpha value is -1.92. The summed E-state index contributed by atoms with van der Waals surface area (Å²) in [6.45, 7) is 3.33. The molecule has 128 valence electrons. The molecule has 0 spiro atoms. The molecule has 0 radical (unpaired) electrons. The lowest BCUT2D eigenvalue weighted by Crippen LogP contribution is -2.28. The van der Waals surface area contributed by atoms with Crippen molar-refractivity contribution in [1.82, 2.24) is 14.8 Å². The first kappa shape index (κ1) is 16.9. The zero-order valence-corrected chi connectivity index (χ0v) is 14.3. The van der Waals surface area contributed by atoms with E-state index in [0.29, 0.717) is 30.7 Å². The number of hydrogen-bond acceptors (Lipinski definition) is 5. The zero-order chi connectivity index (χ0) is 16.9. The molecule has 24 heavy (non-hydrogen) atoms. The van der Waals surface area contributed by atoms with Crippen molar-refractivity contribution in [3.8, 4) is 17.4 Å². The van der Waals surface area contributed by atoms with Gasteiger partial charge in [-0.3, -0.25) is 4.79 Å². The molecule has 1 aliphatic carbocycles. The molecule has 0 N–H and O–H groups in total. The lowest BCUT2D eigenvalue weighted by atomic mass is 9.85. The van der Waals surface area contributed by atoms with Crippen molar-refractivity contribution in [3.63, 3.8) is 0 Å². The topological polar surface area (TPSA) is 66.2 Å². The monoisotopic (exact) mass is 349 g/mol. The molecule has 1 heterocycles. The number of carbonyl (C=O) groups excluding carboxylic acids is 1. The van der Waals surface area contributed by atoms with Crippen LogP contribution in [-0.4, -0.2) is 40.5 Å². The number of hydrogen-bond donors (Lipinski definition) is 0. The molecule has 0 unspecified atom stereocenters. The van der Waals surface area contributed by atoms with Gasteiger partial charge in [-0.25, -0.2) is 0 Å². The van der Waals surface area contributed by atoms with Gasteiger partial charge in [-0.15, -0.1) is 5.10 Å². The minimum atomic E-state index is -0.0385. The third kappa shape index (κ3) is 3.76. The van der Waals surface area contributed by atoms with E-state index in [1.807, 2.05) is 19.1 Å². The van der Waals surface area contributed by atoms with E-state index < -0.39 is 0 Å². The summed E-state index contributed by atoms with van der Waals surface area (Å²) in [4.78, 5) is 17.0. The summed E-state index contributed by atoms with van der Waals surface area (Å²) in [5, 5.41) is 4.83. The summed E-state index contributed by atoms with van der Waals surface area (Å²) in [6.07, 6.45) is 2.87. The highest BCUT2D eigenvalue weighted by Gasteiger charge is 2.30. The van der Waals surface area contributed by atoms with Crippen LogP contribution >= 0.6 is 11.6 Å². The van der Waals surface area contributed by atoms with E-state index in [0.717, 1.165) is 24.8 Å². The minimum Gasteiger partial charge on any atom is -0.460 e. The largest absolute Gasteiger partial charge is 0.460 e. The smallest absolute Gasteiger partial charge is 0.336 e. The summed E-state index contributed by atoms with van der Waals surface area (Å²) in [5.74, 6) is 0.435. The van der Waals surface area contributed by atoms with Gasteiger partial charge in [0.25, 0.3) is 5.91 Å². The van der Waals surface area contributed by atoms with Crippen LogP contribution < -0.4 is 4.74 Å². The van der Waals surface area contributed by atoms with Crippen molar-refractivity contribution in [3.05, 3.63) is 29.3 Å². The maximum atomic E-state index is 12.6. The van der Waals surface area contributed by atoms with Gasteiger partial charge >= 0.3 is 6.01 Å². The van der Waals surface area contributed by atoms with Crippen molar-refractivity contribution in [1.29, 1.82) is 0 Å². The second-order valence-electron chi connectivity index (χ2n) is 5.65. The van der Waals surface area contributed by atoms with Gasteiger partial charge in [0.2, 0.25) is 0 Å². The lowest BCUT2D eigenvalue weighted by molar-refractivity contribution is 0.0744. The van der Waals surface area contributed by atoms with Gasteiger partial charge in [0, 0.05) is 23.1 Å². The predicted molar refractivity (Wildman–Crippen MR) is 90.4 cm³/mol. The highest BCUT2D eigenvalue weighted by atomic mass is 35.5. The average Bonchev–Trinajstić information content (AvgIpc) is 2.94. The Labute approximate surface area is 145 Å². The second kappa shape index (κ2) is 7.77. The molecule has 1 fully saturated rings. The fraction of sp³-hybridized carbons (Fsp3) is 0.471. The molecular weight excluding hydrogens is 330 g/mol. The minimum absolute atomic E-state index is 0.0147. The Morgan fingerprint density at radius 1 is 1.38 bits per heavy atom. The van der Waals surface area contributed by atoms with Crippen molar-refractivity contribution in [2.75, 3.05) is 19.8 Å². The van der Waals surface area contributed by atoms with Gasteiger partial charge in [-0.2, -0.15) is 9.67 Å². The molecule has 0 saturated heterocycles. The van der Waals surface area contributed by atoms with Crippen LogP contribution in [0.25, 0.3) is 11.4 Å². The molecule has 0 aliphatic heterocycles. The summed E-state index contributed by atoms with van der Waals surface area (Å²) < 4.78 is 12.1. The zero-order valence-electron chi connectivity index (χ0n) is 13.6. The Kier molecular flexibility index (Phi) is 5.48. The number of halogens is 1. The Balaban J connectivity index is 1.86. The number of aromatic nitrogens is 3. The molecule has 0 bridgehead atoms. The van der Waals surface area contributed by atoms with Crippen molar-refractivity contribution < 1.29 is 14.3 Å². The van der Waals surface area contributed by atoms with Gasteiger partial charge < -0.3 is 9.47 Å². The van der Waals surface area contributed by atoms with Crippen LogP contribution in [0.2, 0.25) is 5.02 Å². The highest BCUT2D eigenvalue weighted by molar-refractivity contribution is 6.30. The molecule has 3 rings (SSSR count). The van der Waals surface area contributed by atoms with Crippen LogP contribution in [0, 0.1) is 5.92 Å². The SMILES string of the molecule is CCOCCOc1nc(-c2cccc(Cl)c2)n(C(=O)C2CCC2)n1. The van der Waals surface area contributed by atoms with Crippen molar-refractivity contribution in [2.45, 2.75) is 26.2 Å². The molecular formula is C17H20ClN3O3. The van der Waals surface area contributed by atoms with Crippen LogP contribution in [0.15, 0.2) is 24.3 Å². The Bertz CT molecular complexity index is 713. The molecule has 0 amide bonds. The highest BCUT2D eigenvalue weighted by Crippen LogP contribution is 2.30. The quantitative estimate of drug-likeness (QED) is 0.716. The van der Waals surface area contributed by atoms with Crippen LogP contribution in [0.1, 0.15) is 31.0 Å². The van der Waals surface area contributed by atoms with Crippen LogP contribution in [0.5, 0.6) is 6.01 Å². The van der Waals surface area contributed by atoms with E-state index in [9.17, 15) is 4.79 Å². The summed E-state index contributed by atoms with van der Waals surface area (Å²) in [6, 6.07) is 7.39. The molecule has 1 aliphatic rings. The third-order valence-corrected chi connectivity index (χ3v) is 4.23. The van der Waals surface area contributed by atoms with Gasteiger partial charge in [0.05, 0.1) is 6.61 Å². The standard InChI is InChI=1S/C17H20ClN3O3/c1-2-23-9-10-24-17-19-15(13-7-4-8-14(18)11-13)21(20-17)16(22)12-5-3-6-12/h4,7-8,11-12H,2-3,5-6,9-10H2,1H3. The second-order valence-corrected chi connectivity index (χ2v) is 6.09. The van der Waals surface area contributed by atoms with Crippen LogP contribution in [0.4, 0.5) is 0 Å². The first-order valence-electron chi connectivity index (χ1n) is 8.16. The first-order chi connectivity index (χ1) is 11.7. The summed E-state index contributed by atoms with van der Waals surface area (Å²) in [7, 11) is 0. The van der Waals surface area contributed by atoms with E-state index in [-0.39, 0.29) is 17.8 Å². The first-order valence-corrected chi connectivity index (χ1v) is 8.54. The molecule has 0 atom stereocenters. The van der Waals surface area contributed by atoms with E-state index in [4.69, 9.17) is 21.1 Å². The number of rotatable bonds is 7. The Morgan fingerprint density at radius 3 is 2.88 bits per heavy atom. The number of carbonyl (C=O) groups is 1. The van der Waals surface area contributed by atoms with E-state index >= 15 is 0 Å². The summed E-state index contributed by atoms with van der Waals surface area (Å²) >= 11 is 6.06. The molecule has 1 saturated carbocycles. The maximum absolute atomic E-state index is 12.6. The van der Waals surface area contributed by atoms with E-state index in [2.05, 4.69) is 10.1 Å². The molecule has 6 nitrogen and oxygen atoms in total. The normalized spacial score (nSPS) is 14.4. The van der Waals surface area contributed by atoms with Gasteiger partial charge in [0.1, 0.15) is 6.61 Å². The molecule has 2 aromatic rings. The van der Waals surface area contributed by atoms with Crippen molar-refractivity contribution >= 4 is 17.5 Å². The third-order valence-electron chi connectivity index (χ3n) is 4.00. The average molecular weight is 350 g/mol. The Morgan fingerprint density at radius 2 is 2.21 bits per heavy atom. The van der Waals surface area contributed by atoms with Crippen molar-refractivity contribution in [2.24, 2.45) is 5.92 Å². The van der Waals surface area contributed by atoms with Gasteiger partial charge in [-0.05, 0) is 31.9 Å². The predicted octanol–water partition coefficient (Wildman–Crippen LogP) is 3.45. The molecule has 1 aromatic carbocycles. The molecule has 1 aromatic heterocycles. The maximum Gasteiger partial charge on any atom is 0.336 e. The summed E-state index contributed by atoms with van der Waals surface area (Å²) in [5.41, 5.74) is 0.738. The lowest BCUT2D eigenvalue weighted by Gasteiger charge is -2.23. The van der Waals surface area contributed by atoms with Crippen LogP contribution in [0.3, 0.4) is 0 Å². The van der Waals surface area contributed by atoms with E-state index in [1.165, 1.54) is 4.68 Å².